The minimum atomic E-state index is -0.645. The molecule has 4 rings (SSSR count). The molecule has 168 valence electrons. The molecule has 2 aromatic rings. The van der Waals surface area contributed by atoms with Crippen molar-refractivity contribution in [3.63, 3.8) is 0 Å². The Morgan fingerprint density at radius 3 is 2.70 bits per heavy atom. The Labute approximate surface area is 191 Å². The van der Waals surface area contributed by atoms with Gasteiger partial charge in [0.25, 0.3) is 11.8 Å². The lowest BCUT2D eigenvalue weighted by molar-refractivity contribution is -0.136. The predicted octanol–water partition coefficient (Wildman–Crippen LogP) is 1.59. The van der Waals surface area contributed by atoms with Gasteiger partial charge in [0.2, 0.25) is 11.8 Å². The van der Waals surface area contributed by atoms with Gasteiger partial charge < -0.3 is 16.0 Å². The van der Waals surface area contributed by atoms with Gasteiger partial charge in [-0.1, -0.05) is 17.9 Å². The van der Waals surface area contributed by atoms with E-state index in [1.54, 1.807) is 36.4 Å². The lowest BCUT2D eigenvalue weighted by Gasteiger charge is -2.29. The van der Waals surface area contributed by atoms with Gasteiger partial charge in [0.1, 0.15) is 6.04 Å². The van der Waals surface area contributed by atoms with E-state index in [4.69, 9.17) is 5.73 Å². The summed E-state index contributed by atoms with van der Waals surface area (Å²) in [6, 6.07) is 11.5. The summed E-state index contributed by atoms with van der Waals surface area (Å²) in [5.74, 6) is 5.12. The molecular formula is C25H24N4O4. The first kappa shape index (κ1) is 22.1. The van der Waals surface area contributed by atoms with Crippen molar-refractivity contribution in [3.8, 4) is 11.8 Å². The van der Waals surface area contributed by atoms with E-state index in [-0.39, 0.29) is 24.1 Å². The fourth-order valence-corrected chi connectivity index (χ4v) is 3.98. The van der Waals surface area contributed by atoms with Gasteiger partial charge in [-0.25, -0.2) is 0 Å². The van der Waals surface area contributed by atoms with Crippen molar-refractivity contribution in [2.75, 3.05) is 12.3 Å². The zero-order chi connectivity index (χ0) is 23.4. The van der Waals surface area contributed by atoms with E-state index in [1.165, 1.54) is 4.90 Å². The number of hydrogen-bond donors (Lipinski definition) is 3. The molecule has 2 aliphatic rings. The summed E-state index contributed by atoms with van der Waals surface area (Å²) >= 11 is 0. The minimum Gasteiger partial charge on any atom is -0.399 e. The SMILES string of the molecule is Nc1ccc(C(=O)NCCCC#Cc2cccc3c2CN(C2CCC(=O)NC2=O)C3=O)cc1. The Morgan fingerprint density at radius 1 is 1.15 bits per heavy atom. The first-order valence-corrected chi connectivity index (χ1v) is 10.8. The average molecular weight is 444 g/mol. The normalized spacial score (nSPS) is 17.2. The minimum absolute atomic E-state index is 0.157. The third-order valence-electron chi connectivity index (χ3n) is 5.74. The van der Waals surface area contributed by atoms with Gasteiger partial charge in [-0.2, -0.15) is 0 Å². The topological polar surface area (TPSA) is 122 Å². The number of piperidine rings is 1. The number of anilines is 1. The lowest BCUT2D eigenvalue weighted by Crippen LogP contribution is -2.52. The number of fused-ring (bicyclic) bond motifs is 1. The molecule has 0 radical (unpaired) electrons. The van der Waals surface area contributed by atoms with Crippen molar-refractivity contribution in [2.24, 2.45) is 0 Å². The monoisotopic (exact) mass is 444 g/mol. The summed E-state index contributed by atoms with van der Waals surface area (Å²) in [6.45, 7) is 0.787. The number of carbonyl (C=O) groups is 4. The molecule has 0 saturated carbocycles. The van der Waals surface area contributed by atoms with Crippen LogP contribution in [0.1, 0.15) is 57.5 Å². The lowest BCUT2D eigenvalue weighted by atomic mass is 10.0. The number of rotatable bonds is 5. The van der Waals surface area contributed by atoms with Crippen LogP contribution >= 0.6 is 0 Å². The number of imide groups is 1. The molecule has 1 saturated heterocycles. The first-order chi connectivity index (χ1) is 15.9. The predicted molar refractivity (Wildman–Crippen MR) is 122 cm³/mol. The molecule has 0 aromatic heterocycles. The van der Waals surface area contributed by atoms with Crippen LogP contribution in [0, 0.1) is 11.8 Å². The number of hydrogen-bond acceptors (Lipinski definition) is 5. The molecule has 8 nitrogen and oxygen atoms in total. The second-order valence-electron chi connectivity index (χ2n) is 8.01. The number of benzene rings is 2. The quantitative estimate of drug-likeness (QED) is 0.280. The van der Waals surface area contributed by atoms with Crippen molar-refractivity contribution < 1.29 is 19.2 Å². The number of carbonyl (C=O) groups excluding carboxylic acids is 4. The molecule has 4 amide bonds. The van der Waals surface area contributed by atoms with E-state index in [9.17, 15) is 19.2 Å². The number of amides is 4. The maximum absolute atomic E-state index is 12.9. The molecule has 1 unspecified atom stereocenters. The first-order valence-electron chi connectivity index (χ1n) is 10.8. The molecule has 8 heteroatoms. The maximum Gasteiger partial charge on any atom is 0.255 e. The third kappa shape index (κ3) is 4.88. The largest absolute Gasteiger partial charge is 0.399 e. The van der Waals surface area contributed by atoms with Gasteiger partial charge in [-0.15, -0.1) is 0 Å². The van der Waals surface area contributed by atoms with E-state index in [2.05, 4.69) is 22.5 Å². The Hall–Kier alpha value is -4.12. The number of unbranched alkanes of at least 4 members (excludes halogenated alkanes) is 1. The van der Waals surface area contributed by atoms with Crippen LogP contribution in [0.5, 0.6) is 0 Å². The highest BCUT2D eigenvalue weighted by atomic mass is 16.2. The van der Waals surface area contributed by atoms with Crippen molar-refractivity contribution in [1.29, 1.82) is 0 Å². The average Bonchev–Trinajstić information content (AvgIpc) is 3.13. The molecule has 0 aliphatic carbocycles. The van der Waals surface area contributed by atoms with E-state index < -0.39 is 11.9 Å². The van der Waals surface area contributed by atoms with Crippen LogP contribution in [-0.2, 0) is 16.1 Å². The third-order valence-corrected chi connectivity index (χ3v) is 5.74. The molecule has 0 spiro atoms. The van der Waals surface area contributed by atoms with Crippen LogP contribution in [0.2, 0.25) is 0 Å². The molecule has 4 N–H and O–H groups in total. The molecule has 1 fully saturated rings. The van der Waals surface area contributed by atoms with Crippen LogP contribution < -0.4 is 16.4 Å². The number of nitrogen functional groups attached to an aromatic ring is 1. The fraction of sp³-hybridized carbons (Fsp3) is 0.280. The number of nitrogens with zero attached hydrogens (tertiary/aromatic N) is 1. The smallest absolute Gasteiger partial charge is 0.255 e. The second-order valence-corrected chi connectivity index (χ2v) is 8.01. The number of nitrogens with two attached hydrogens (primary N) is 1. The molecular weight excluding hydrogens is 420 g/mol. The summed E-state index contributed by atoms with van der Waals surface area (Å²) in [5, 5.41) is 5.16. The molecule has 1 atom stereocenters. The zero-order valence-electron chi connectivity index (χ0n) is 18.0. The Bertz CT molecular complexity index is 1180. The van der Waals surface area contributed by atoms with Crippen molar-refractivity contribution in [1.82, 2.24) is 15.5 Å². The Morgan fingerprint density at radius 2 is 1.94 bits per heavy atom. The van der Waals surface area contributed by atoms with Crippen molar-refractivity contribution >= 4 is 29.3 Å². The summed E-state index contributed by atoms with van der Waals surface area (Å²) in [6.07, 6.45) is 1.81. The van der Waals surface area contributed by atoms with Gasteiger partial charge in [0.15, 0.2) is 0 Å². The van der Waals surface area contributed by atoms with E-state index in [0.717, 1.165) is 11.1 Å². The molecule has 33 heavy (non-hydrogen) atoms. The number of nitrogens with one attached hydrogen (secondary N) is 2. The highest BCUT2D eigenvalue weighted by molar-refractivity contribution is 6.05. The highest BCUT2D eigenvalue weighted by Gasteiger charge is 2.39. The van der Waals surface area contributed by atoms with Crippen LogP contribution in [0.15, 0.2) is 42.5 Å². The second kappa shape index (κ2) is 9.57. The van der Waals surface area contributed by atoms with Gasteiger partial charge in [0, 0.05) is 48.3 Å². The molecule has 2 aliphatic heterocycles. The summed E-state index contributed by atoms with van der Waals surface area (Å²) in [7, 11) is 0. The van der Waals surface area contributed by atoms with Gasteiger partial charge in [-0.3, -0.25) is 24.5 Å². The fourth-order valence-electron chi connectivity index (χ4n) is 3.98. The highest BCUT2D eigenvalue weighted by Crippen LogP contribution is 2.29. The standard InChI is InChI=1S/C25H24N4O4/c26-18-10-8-17(9-11-18)23(31)27-14-3-1-2-5-16-6-4-7-19-20(16)15-29(25(19)33)21-12-13-22(30)28-24(21)32/h4,6-11,21H,1,3,12-15,26H2,(H,27,31)(H,28,30,32). The maximum atomic E-state index is 12.9. The van der Waals surface area contributed by atoms with Crippen molar-refractivity contribution in [2.45, 2.75) is 38.3 Å². The summed E-state index contributed by atoms with van der Waals surface area (Å²) in [4.78, 5) is 50.1. The van der Waals surface area contributed by atoms with E-state index in [0.29, 0.717) is 49.2 Å². The Balaban J connectivity index is 1.33. The Kier molecular flexibility index (Phi) is 6.41. The van der Waals surface area contributed by atoms with Crippen LogP contribution in [0.3, 0.4) is 0 Å². The zero-order valence-corrected chi connectivity index (χ0v) is 18.0. The van der Waals surface area contributed by atoms with Gasteiger partial charge in [-0.05, 0) is 54.8 Å². The summed E-state index contributed by atoms with van der Waals surface area (Å²) in [5.41, 5.74) is 8.89. The summed E-state index contributed by atoms with van der Waals surface area (Å²) < 4.78 is 0. The van der Waals surface area contributed by atoms with Crippen LogP contribution in [0.4, 0.5) is 5.69 Å². The molecule has 2 aromatic carbocycles. The van der Waals surface area contributed by atoms with Gasteiger partial charge >= 0.3 is 0 Å². The van der Waals surface area contributed by atoms with Gasteiger partial charge in [0.05, 0.1) is 0 Å². The molecule has 2 heterocycles. The van der Waals surface area contributed by atoms with Crippen LogP contribution in [0.25, 0.3) is 0 Å². The van der Waals surface area contributed by atoms with E-state index in [1.807, 2.05) is 6.07 Å². The van der Waals surface area contributed by atoms with E-state index >= 15 is 0 Å². The molecule has 0 bridgehead atoms. The van der Waals surface area contributed by atoms with Crippen LogP contribution in [-0.4, -0.2) is 41.1 Å². The van der Waals surface area contributed by atoms with Crippen molar-refractivity contribution in [3.05, 3.63) is 64.7 Å².